The molecule has 2 rings (SSSR count). The zero-order valence-corrected chi connectivity index (χ0v) is 12.4. The number of aryl methyl sites for hydroxylation is 1. The van der Waals surface area contributed by atoms with Gasteiger partial charge in [0.15, 0.2) is 0 Å². The highest BCUT2D eigenvalue weighted by Crippen LogP contribution is 2.26. The number of anilines is 1. The van der Waals surface area contributed by atoms with E-state index in [0.717, 1.165) is 11.6 Å². The predicted molar refractivity (Wildman–Crippen MR) is 82.2 cm³/mol. The normalized spacial score (nSPS) is 10.2. The van der Waals surface area contributed by atoms with Crippen LogP contribution in [0.2, 0.25) is 10.0 Å². The molecule has 0 aliphatic carbocycles. The van der Waals surface area contributed by atoms with Gasteiger partial charge in [0.25, 0.3) is 11.6 Å². The number of nitro benzene ring substituents is 1. The van der Waals surface area contributed by atoms with Gasteiger partial charge in [-0.05, 0) is 30.7 Å². The fraction of sp³-hybridized carbons (Fsp3) is 0.0714. The molecule has 0 saturated heterocycles. The van der Waals surface area contributed by atoms with E-state index in [-0.39, 0.29) is 16.3 Å². The van der Waals surface area contributed by atoms with Gasteiger partial charge < -0.3 is 5.32 Å². The molecule has 0 saturated carbocycles. The fourth-order valence-electron chi connectivity index (χ4n) is 1.71. The highest BCUT2D eigenvalue weighted by molar-refractivity contribution is 6.36. The van der Waals surface area contributed by atoms with Gasteiger partial charge in [-0.1, -0.05) is 29.3 Å². The first-order valence-electron chi connectivity index (χ1n) is 5.90. The highest BCUT2D eigenvalue weighted by atomic mass is 35.5. The van der Waals surface area contributed by atoms with Crippen molar-refractivity contribution in [2.75, 3.05) is 5.32 Å². The summed E-state index contributed by atoms with van der Waals surface area (Å²) in [6, 6.07) is 8.85. The lowest BCUT2D eigenvalue weighted by Crippen LogP contribution is -2.13. The number of nitrogens with zero attached hydrogens (tertiary/aromatic N) is 1. The first kappa shape index (κ1) is 15.3. The van der Waals surface area contributed by atoms with Crippen molar-refractivity contribution in [2.45, 2.75) is 6.92 Å². The number of non-ortho nitro benzene ring substituents is 1. The molecule has 0 unspecified atom stereocenters. The van der Waals surface area contributed by atoms with Crippen LogP contribution in [-0.2, 0) is 0 Å². The first-order valence-corrected chi connectivity index (χ1v) is 6.65. The van der Waals surface area contributed by atoms with Crippen molar-refractivity contribution >= 4 is 40.5 Å². The van der Waals surface area contributed by atoms with Crippen LogP contribution in [0.15, 0.2) is 36.4 Å². The molecule has 0 spiro atoms. The van der Waals surface area contributed by atoms with Crippen LogP contribution in [0.1, 0.15) is 15.9 Å². The molecule has 0 radical (unpaired) electrons. The number of carbonyl (C=O) groups is 1. The molecule has 0 atom stereocenters. The monoisotopic (exact) mass is 324 g/mol. The van der Waals surface area contributed by atoms with Gasteiger partial charge in [-0.3, -0.25) is 14.9 Å². The number of benzene rings is 2. The average Bonchev–Trinajstić information content (AvgIpc) is 2.41. The Bertz CT molecular complexity index is 732. The van der Waals surface area contributed by atoms with Gasteiger partial charge in [0, 0.05) is 12.1 Å². The Hall–Kier alpha value is -2.11. The van der Waals surface area contributed by atoms with Crippen molar-refractivity contribution in [1.29, 1.82) is 0 Å². The maximum atomic E-state index is 12.1. The Balaban J connectivity index is 2.26. The second-order valence-corrected chi connectivity index (χ2v) is 5.17. The van der Waals surface area contributed by atoms with Gasteiger partial charge in [-0.25, -0.2) is 0 Å². The molecule has 2 aromatic rings. The van der Waals surface area contributed by atoms with Gasteiger partial charge in [0.05, 0.1) is 26.2 Å². The molecule has 2 aromatic carbocycles. The van der Waals surface area contributed by atoms with E-state index in [2.05, 4.69) is 5.32 Å². The van der Waals surface area contributed by atoms with Crippen LogP contribution in [0.25, 0.3) is 0 Å². The van der Waals surface area contributed by atoms with Crippen molar-refractivity contribution in [3.8, 4) is 0 Å². The predicted octanol–water partition coefficient (Wildman–Crippen LogP) is 4.46. The van der Waals surface area contributed by atoms with Gasteiger partial charge in [0.2, 0.25) is 0 Å². The minimum atomic E-state index is -0.579. The van der Waals surface area contributed by atoms with Crippen LogP contribution < -0.4 is 5.32 Å². The molecule has 7 heteroatoms. The summed E-state index contributed by atoms with van der Waals surface area (Å²) in [4.78, 5) is 22.2. The molecule has 1 amide bonds. The van der Waals surface area contributed by atoms with Gasteiger partial charge in [-0.2, -0.15) is 0 Å². The number of hydrogen-bond donors (Lipinski definition) is 1. The Labute approximate surface area is 130 Å². The van der Waals surface area contributed by atoms with Crippen LogP contribution >= 0.6 is 23.2 Å². The third-order valence-electron chi connectivity index (χ3n) is 2.78. The van der Waals surface area contributed by atoms with E-state index in [9.17, 15) is 14.9 Å². The van der Waals surface area contributed by atoms with Crippen LogP contribution in [0.4, 0.5) is 11.4 Å². The minimum absolute atomic E-state index is 0.00457. The Kier molecular flexibility index (Phi) is 4.45. The summed E-state index contributed by atoms with van der Waals surface area (Å²) in [5.41, 5.74) is 1.37. The number of rotatable bonds is 3. The number of halogens is 2. The summed E-state index contributed by atoms with van der Waals surface area (Å²) in [5.74, 6) is -0.486. The van der Waals surface area contributed by atoms with E-state index in [0.29, 0.717) is 10.7 Å². The molecule has 5 nitrogen and oxygen atoms in total. The molecule has 0 heterocycles. The van der Waals surface area contributed by atoms with Gasteiger partial charge >= 0.3 is 0 Å². The molecule has 0 aromatic heterocycles. The number of nitro groups is 1. The molecular weight excluding hydrogens is 315 g/mol. The standard InChI is InChI=1S/C14H10Cl2N2O3/c1-8-2-5-13(12(16)6-8)17-14(19)10-4-3-9(18(20)21)7-11(10)15/h2-7H,1H3,(H,17,19). The largest absolute Gasteiger partial charge is 0.321 e. The third-order valence-corrected chi connectivity index (χ3v) is 3.41. The molecule has 0 bridgehead atoms. The molecule has 1 N–H and O–H groups in total. The van der Waals surface area contributed by atoms with Crippen molar-refractivity contribution in [3.63, 3.8) is 0 Å². The summed E-state index contributed by atoms with van der Waals surface area (Å²) in [5, 5.41) is 13.7. The van der Waals surface area contributed by atoms with E-state index in [1.165, 1.54) is 12.1 Å². The van der Waals surface area contributed by atoms with Crippen LogP contribution in [-0.4, -0.2) is 10.8 Å². The zero-order chi connectivity index (χ0) is 15.6. The van der Waals surface area contributed by atoms with E-state index in [1.54, 1.807) is 18.2 Å². The summed E-state index contributed by atoms with van der Waals surface area (Å²) >= 11 is 11.9. The second-order valence-electron chi connectivity index (χ2n) is 4.36. The van der Waals surface area contributed by atoms with Crippen LogP contribution in [0.3, 0.4) is 0 Å². The topological polar surface area (TPSA) is 72.2 Å². The Morgan fingerprint density at radius 1 is 1.14 bits per heavy atom. The number of carbonyl (C=O) groups excluding carboxylic acids is 1. The second kappa shape index (κ2) is 6.11. The lowest BCUT2D eigenvalue weighted by Gasteiger charge is -2.09. The Morgan fingerprint density at radius 2 is 1.86 bits per heavy atom. The molecular formula is C14H10Cl2N2O3. The summed E-state index contributed by atoms with van der Waals surface area (Å²) in [6.45, 7) is 1.88. The number of hydrogen-bond acceptors (Lipinski definition) is 3. The average molecular weight is 325 g/mol. The van der Waals surface area contributed by atoms with Crippen LogP contribution in [0, 0.1) is 17.0 Å². The SMILES string of the molecule is Cc1ccc(NC(=O)c2ccc([N+](=O)[O-])cc2Cl)c(Cl)c1. The maximum Gasteiger partial charge on any atom is 0.270 e. The van der Waals surface area contributed by atoms with Crippen molar-refractivity contribution in [1.82, 2.24) is 0 Å². The molecule has 21 heavy (non-hydrogen) atoms. The van der Waals surface area contributed by atoms with Crippen LogP contribution in [0.5, 0.6) is 0 Å². The van der Waals surface area contributed by atoms with E-state index < -0.39 is 10.8 Å². The highest BCUT2D eigenvalue weighted by Gasteiger charge is 2.15. The smallest absolute Gasteiger partial charge is 0.270 e. The van der Waals surface area contributed by atoms with E-state index >= 15 is 0 Å². The van der Waals surface area contributed by atoms with Gasteiger partial charge in [-0.15, -0.1) is 0 Å². The van der Waals surface area contributed by atoms with Crippen molar-refractivity contribution in [2.24, 2.45) is 0 Å². The van der Waals surface area contributed by atoms with Gasteiger partial charge in [0.1, 0.15) is 0 Å². The Morgan fingerprint density at radius 3 is 2.43 bits per heavy atom. The first-order chi connectivity index (χ1) is 9.88. The molecule has 0 aliphatic rings. The summed E-state index contributed by atoms with van der Waals surface area (Å²) in [6.07, 6.45) is 0. The zero-order valence-electron chi connectivity index (χ0n) is 10.9. The maximum absolute atomic E-state index is 12.1. The number of amides is 1. The molecule has 0 aliphatic heterocycles. The third kappa shape index (κ3) is 3.51. The summed E-state index contributed by atoms with van der Waals surface area (Å²) in [7, 11) is 0. The van der Waals surface area contributed by atoms with Crippen molar-refractivity contribution in [3.05, 3.63) is 67.7 Å². The molecule has 0 fully saturated rings. The number of nitrogens with one attached hydrogen (secondary N) is 1. The van der Waals surface area contributed by atoms with Crippen molar-refractivity contribution < 1.29 is 9.72 Å². The fourth-order valence-corrected chi connectivity index (χ4v) is 2.26. The lowest BCUT2D eigenvalue weighted by molar-refractivity contribution is -0.384. The molecule has 108 valence electrons. The van der Waals surface area contributed by atoms with E-state index in [4.69, 9.17) is 23.2 Å². The van der Waals surface area contributed by atoms with E-state index in [1.807, 2.05) is 6.92 Å². The lowest BCUT2D eigenvalue weighted by atomic mass is 10.1. The summed E-state index contributed by atoms with van der Waals surface area (Å²) < 4.78 is 0. The quantitative estimate of drug-likeness (QED) is 0.669. The minimum Gasteiger partial charge on any atom is -0.321 e.